The zero-order chi connectivity index (χ0) is 27.9. The first-order valence-electron chi connectivity index (χ1n) is 12.9. The largest absolute Gasteiger partial charge is 0.501 e. The van der Waals surface area contributed by atoms with Gasteiger partial charge in [0.15, 0.2) is 0 Å². The van der Waals surface area contributed by atoms with Gasteiger partial charge in [-0.15, -0.1) is 0 Å². The fraction of sp³-hybridized carbons (Fsp3) is 0.400. The number of allylic oxidation sites excluding steroid dienone is 2. The molecular formula is C30H42N6O2. The standard InChI is InChI=1S/C30H42N6O2/c1-9-10-23(19-28(38-8)30(2,3)4)33-29(37)32-22-11-13-24(14-12-22)36-21-31-26-16-15-25(20-27(26)36)35(7)18-17-34(5)6/h9-16,19-21,23H,17-18H2,1-8H3,(H2,32,33,37)/b10-9+,28-19-. The summed E-state index contributed by atoms with van der Waals surface area (Å²) in [7, 11) is 7.91. The number of nitrogens with zero attached hydrogens (tertiary/aromatic N) is 4. The van der Waals surface area contributed by atoms with Crippen molar-refractivity contribution in [1.82, 2.24) is 19.8 Å². The van der Waals surface area contributed by atoms with E-state index in [0.717, 1.165) is 41.3 Å². The summed E-state index contributed by atoms with van der Waals surface area (Å²) < 4.78 is 7.62. The van der Waals surface area contributed by atoms with Crippen molar-refractivity contribution in [1.29, 1.82) is 0 Å². The summed E-state index contributed by atoms with van der Waals surface area (Å²) in [5.41, 5.74) is 4.62. The third-order valence-electron chi connectivity index (χ3n) is 6.25. The fourth-order valence-electron chi connectivity index (χ4n) is 4.08. The van der Waals surface area contributed by atoms with Crippen LogP contribution in [0.15, 0.2) is 72.8 Å². The number of ether oxygens (including phenoxy) is 1. The van der Waals surface area contributed by atoms with Crippen LogP contribution in [0.2, 0.25) is 0 Å². The lowest BCUT2D eigenvalue weighted by Gasteiger charge is -2.23. The number of hydrogen-bond acceptors (Lipinski definition) is 5. The minimum Gasteiger partial charge on any atom is -0.501 e. The Hall–Kier alpha value is -3.78. The maximum atomic E-state index is 12.8. The van der Waals surface area contributed by atoms with Gasteiger partial charge in [0.1, 0.15) is 6.33 Å². The van der Waals surface area contributed by atoms with Gasteiger partial charge in [0.25, 0.3) is 0 Å². The Bertz CT molecular complexity index is 1270. The van der Waals surface area contributed by atoms with Crippen molar-refractivity contribution < 1.29 is 9.53 Å². The van der Waals surface area contributed by atoms with Crippen LogP contribution in [-0.4, -0.2) is 67.9 Å². The van der Waals surface area contributed by atoms with Crippen LogP contribution in [0, 0.1) is 5.41 Å². The van der Waals surface area contributed by atoms with Gasteiger partial charge in [-0.2, -0.15) is 0 Å². The molecule has 0 radical (unpaired) electrons. The summed E-state index contributed by atoms with van der Waals surface area (Å²) >= 11 is 0. The Balaban J connectivity index is 1.73. The number of urea groups is 1. The van der Waals surface area contributed by atoms with E-state index in [1.54, 1.807) is 7.11 Å². The number of carbonyl (C=O) groups is 1. The van der Waals surface area contributed by atoms with Crippen LogP contribution in [0.5, 0.6) is 0 Å². The van der Waals surface area contributed by atoms with E-state index in [4.69, 9.17) is 4.74 Å². The first-order chi connectivity index (χ1) is 18.0. The fourth-order valence-corrected chi connectivity index (χ4v) is 4.08. The molecule has 3 rings (SSSR count). The maximum absolute atomic E-state index is 12.8. The summed E-state index contributed by atoms with van der Waals surface area (Å²) in [5, 5.41) is 5.92. The Morgan fingerprint density at radius 1 is 1.11 bits per heavy atom. The molecule has 0 bridgehead atoms. The third-order valence-corrected chi connectivity index (χ3v) is 6.25. The molecule has 0 fully saturated rings. The average Bonchev–Trinajstić information content (AvgIpc) is 3.28. The molecule has 0 aliphatic rings. The number of fused-ring (bicyclic) bond motifs is 1. The van der Waals surface area contributed by atoms with Crippen LogP contribution in [0.1, 0.15) is 27.7 Å². The van der Waals surface area contributed by atoms with Gasteiger partial charge in [-0.3, -0.25) is 4.57 Å². The van der Waals surface area contributed by atoms with Gasteiger partial charge in [0, 0.05) is 42.6 Å². The Morgan fingerprint density at radius 2 is 1.82 bits per heavy atom. The highest BCUT2D eigenvalue weighted by Gasteiger charge is 2.20. The smallest absolute Gasteiger partial charge is 0.319 e. The molecule has 8 nitrogen and oxygen atoms in total. The molecule has 2 N–H and O–H groups in total. The predicted molar refractivity (Wildman–Crippen MR) is 158 cm³/mol. The number of carbonyl (C=O) groups excluding carboxylic acids is 1. The molecule has 0 aliphatic carbocycles. The third kappa shape index (κ3) is 7.61. The van der Waals surface area contributed by atoms with E-state index >= 15 is 0 Å². The minimum atomic E-state index is -0.296. The molecule has 0 spiro atoms. The van der Waals surface area contributed by atoms with Crippen LogP contribution < -0.4 is 15.5 Å². The topological polar surface area (TPSA) is 74.7 Å². The van der Waals surface area contributed by atoms with Crippen LogP contribution in [0.3, 0.4) is 0 Å². The number of methoxy groups -OCH3 is 1. The molecule has 1 atom stereocenters. The molecule has 0 saturated carbocycles. The van der Waals surface area contributed by atoms with Crippen molar-refractivity contribution in [3.8, 4) is 5.69 Å². The second kappa shape index (κ2) is 12.6. The van der Waals surface area contributed by atoms with Crippen molar-refractivity contribution in [2.45, 2.75) is 33.7 Å². The number of imidazole rings is 1. The lowest BCUT2D eigenvalue weighted by molar-refractivity contribution is 0.204. The lowest BCUT2D eigenvalue weighted by atomic mass is 9.92. The van der Waals surface area contributed by atoms with Crippen LogP contribution in [0.25, 0.3) is 16.7 Å². The number of nitrogens with one attached hydrogen (secondary N) is 2. The summed E-state index contributed by atoms with van der Waals surface area (Å²) in [4.78, 5) is 21.7. The first-order valence-corrected chi connectivity index (χ1v) is 12.9. The molecular weight excluding hydrogens is 476 g/mol. The second-order valence-electron chi connectivity index (χ2n) is 10.7. The zero-order valence-corrected chi connectivity index (χ0v) is 23.9. The van der Waals surface area contributed by atoms with Gasteiger partial charge in [0.05, 0.1) is 29.9 Å². The average molecular weight is 519 g/mol. The molecule has 0 aliphatic heterocycles. The van der Waals surface area contributed by atoms with Crippen LogP contribution in [-0.2, 0) is 4.74 Å². The summed E-state index contributed by atoms with van der Waals surface area (Å²) in [6.07, 6.45) is 7.59. The monoisotopic (exact) mass is 518 g/mol. The Morgan fingerprint density at radius 3 is 2.42 bits per heavy atom. The van der Waals surface area contributed by atoms with Crippen molar-refractivity contribution >= 4 is 28.4 Å². The summed E-state index contributed by atoms with van der Waals surface area (Å²) in [6.45, 7) is 10.1. The second-order valence-corrected chi connectivity index (χ2v) is 10.7. The van der Waals surface area contributed by atoms with Crippen molar-refractivity contribution in [3.05, 3.63) is 72.8 Å². The molecule has 3 aromatic rings. The lowest BCUT2D eigenvalue weighted by Crippen LogP contribution is -2.36. The van der Waals surface area contributed by atoms with E-state index in [1.165, 1.54) is 0 Å². The molecule has 204 valence electrons. The van der Waals surface area contributed by atoms with E-state index in [1.807, 2.05) is 55.7 Å². The Labute approximate surface area is 227 Å². The van der Waals surface area contributed by atoms with Gasteiger partial charge in [0.2, 0.25) is 0 Å². The van der Waals surface area contributed by atoms with E-state index in [0.29, 0.717) is 5.69 Å². The zero-order valence-electron chi connectivity index (χ0n) is 23.9. The number of amides is 2. The molecule has 38 heavy (non-hydrogen) atoms. The van der Waals surface area contributed by atoms with E-state index in [-0.39, 0.29) is 17.5 Å². The highest BCUT2D eigenvalue weighted by Crippen LogP contribution is 2.26. The maximum Gasteiger partial charge on any atom is 0.319 e. The van der Waals surface area contributed by atoms with Crippen molar-refractivity contribution in [2.24, 2.45) is 5.41 Å². The van der Waals surface area contributed by atoms with Gasteiger partial charge >= 0.3 is 6.03 Å². The highest BCUT2D eigenvalue weighted by atomic mass is 16.5. The number of anilines is 2. The number of aromatic nitrogens is 2. The molecule has 1 aromatic heterocycles. The van der Waals surface area contributed by atoms with Gasteiger partial charge in [-0.25, -0.2) is 9.78 Å². The minimum absolute atomic E-state index is 0.164. The molecule has 1 unspecified atom stereocenters. The first kappa shape index (κ1) is 28.8. The van der Waals surface area contributed by atoms with E-state index < -0.39 is 0 Å². The quantitative estimate of drug-likeness (QED) is 0.267. The van der Waals surface area contributed by atoms with E-state index in [2.05, 4.69) is 90.1 Å². The number of benzene rings is 2. The molecule has 8 heteroatoms. The number of rotatable bonds is 10. The summed E-state index contributed by atoms with van der Waals surface area (Å²) in [5.74, 6) is 0.810. The molecule has 2 amide bonds. The number of likely N-dealkylation sites (N-methyl/N-ethyl adjacent to an activating group) is 2. The van der Waals surface area contributed by atoms with Gasteiger partial charge in [-0.05, 0) is 69.6 Å². The van der Waals surface area contributed by atoms with Crippen molar-refractivity contribution in [3.63, 3.8) is 0 Å². The normalized spacial score (nSPS) is 13.2. The van der Waals surface area contributed by atoms with Gasteiger partial charge < -0.3 is 25.2 Å². The summed E-state index contributed by atoms with van der Waals surface area (Å²) in [6, 6.07) is 13.5. The highest BCUT2D eigenvalue weighted by molar-refractivity contribution is 5.90. The van der Waals surface area contributed by atoms with Crippen LogP contribution in [0.4, 0.5) is 16.2 Å². The van der Waals surface area contributed by atoms with E-state index in [9.17, 15) is 4.79 Å². The SMILES string of the molecule is C/C=C/C(/C=C(\OC)C(C)(C)C)NC(=O)Nc1ccc(-n2cnc3ccc(N(C)CCN(C)C)cc32)cc1. The molecule has 2 aromatic carbocycles. The number of hydrogen-bond donors (Lipinski definition) is 2. The van der Waals surface area contributed by atoms with Gasteiger partial charge in [-0.1, -0.05) is 32.9 Å². The molecule has 0 saturated heterocycles. The Kier molecular flexibility index (Phi) is 9.58. The van der Waals surface area contributed by atoms with Crippen LogP contribution >= 0.6 is 0 Å². The molecule has 1 heterocycles. The predicted octanol–water partition coefficient (Wildman–Crippen LogP) is 5.67. The van der Waals surface area contributed by atoms with Crippen molar-refractivity contribution in [2.75, 3.05) is 51.6 Å².